The van der Waals surface area contributed by atoms with Gasteiger partial charge in [0.15, 0.2) is 0 Å². The van der Waals surface area contributed by atoms with Gasteiger partial charge in [-0.1, -0.05) is 30.3 Å². The molecule has 108 valence electrons. The molecule has 0 amide bonds. The van der Waals surface area contributed by atoms with E-state index < -0.39 is 0 Å². The van der Waals surface area contributed by atoms with E-state index in [0.717, 1.165) is 28.4 Å². The molecular weight excluding hydrogens is 301 g/mol. The van der Waals surface area contributed by atoms with Crippen LogP contribution in [0.4, 0.5) is 4.39 Å². The van der Waals surface area contributed by atoms with Gasteiger partial charge in [-0.05, 0) is 36.0 Å². The Hall–Kier alpha value is -2.60. The fourth-order valence-corrected chi connectivity index (χ4v) is 2.87. The third-order valence-electron chi connectivity index (χ3n) is 3.20. The van der Waals surface area contributed by atoms with E-state index in [1.54, 1.807) is 18.2 Å². The lowest BCUT2D eigenvalue weighted by atomic mass is 10.2. The lowest BCUT2D eigenvalue weighted by Crippen LogP contribution is -1.79. The van der Waals surface area contributed by atoms with Gasteiger partial charge >= 0.3 is 0 Å². The van der Waals surface area contributed by atoms with E-state index in [0.29, 0.717) is 16.0 Å². The van der Waals surface area contributed by atoms with Gasteiger partial charge in [0, 0.05) is 10.9 Å². The van der Waals surface area contributed by atoms with E-state index in [-0.39, 0.29) is 5.82 Å². The molecule has 0 atom stereocenters. The van der Waals surface area contributed by atoms with Crippen LogP contribution in [0, 0.1) is 5.82 Å². The van der Waals surface area contributed by atoms with Crippen LogP contribution in [0.15, 0.2) is 69.1 Å². The predicted molar refractivity (Wildman–Crippen MR) is 82.1 cm³/mol. The first-order chi connectivity index (χ1) is 10.8. The first kappa shape index (κ1) is 13.1. The summed E-state index contributed by atoms with van der Waals surface area (Å²) in [6, 6.07) is 16.3. The van der Waals surface area contributed by atoms with Crippen molar-refractivity contribution in [2.75, 3.05) is 0 Å². The first-order valence-corrected chi connectivity index (χ1v) is 7.45. The fourth-order valence-electron chi connectivity index (χ4n) is 2.17. The Bertz CT molecular complexity index is 914. The Morgan fingerprint density at radius 2 is 1.82 bits per heavy atom. The molecule has 0 radical (unpaired) electrons. The second kappa shape index (κ2) is 5.31. The SMILES string of the molecule is Fc1ccccc1Sc1nnc(-c2cc3ccccc3[nH]2)o1. The van der Waals surface area contributed by atoms with Gasteiger partial charge in [-0.3, -0.25) is 0 Å². The number of rotatable bonds is 3. The summed E-state index contributed by atoms with van der Waals surface area (Å²) in [6.45, 7) is 0. The van der Waals surface area contributed by atoms with E-state index in [1.807, 2.05) is 30.3 Å². The predicted octanol–water partition coefficient (Wildman–Crippen LogP) is 4.51. The summed E-state index contributed by atoms with van der Waals surface area (Å²) in [5.74, 6) is 0.0768. The Kier molecular flexibility index (Phi) is 3.16. The van der Waals surface area contributed by atoms with E-state index in [4.69, 9.17) is 4.42 Å². The van der Waals surface area contributed by atoms with Crippen LogP contribution in [0.5, 0.6) is 0 Å². The molecule has 0 fully saturated rings. The maximum atomic E-state index is 13.6. The molecule has 2 aromatic heterocycles. The Morgan fingerprint density at radius 3 is 2.68 bits per heavy atom. The lowest BCUT2D eigenvalue weighted by molar-refractivity contribution is 0.464. The Morgan fingerprint density at radius 1 is 1.00 bits per heavy atom. The van der Waals surface area contributed by atoms with Gasteiger partial charge in [0.1, 0.15) is 11.5 Å². The van der Waals surface area contributed by atoms with Crippen LogP contribution in [0.25, 0.3) is 22.5 Å². The average molecular weight is 311 g/mol. The number of fused-ring (bicyclic) bond motifs is 1. The van der Waals surface area contributed by atoms with Crippen molar-refractivity contribution < 1.29 is 8.81 Å². The van der Waals surface area contributed by atoms with Crippen molar-refractivity contribution >= 4 is 22.7 Å². The molecular formula is C16H10FN3OS. The zero-order chi connectivity index (χ0) is 14.9. The highest BCUT2D eigenvalue weighted by molar-refractivity contribution is 7.99. The van der Waals surface area contributed by atoms with Gasteiger partial charge < -0.3 is 9.40 Å². The second-order valence-corrected chi connectivity index (χ2v) is 5.67. The van der Waals surface area contributed by atoms with Crippen molar-refractivity contribution in [3.05, 3.63) is 60.4 Å². The van der Waals surface area contributed by atoms with Crippen LogP contribution in [0.3, 0.4) is 0 Å². The molecule has 2 heterocycles. The molecule has 4 aromatic rings. The summed E-state index contributed by atoms with van der Waals surface area (Å²) >= 11 is 1.11. The quantitative estimate of drug-likeness (QED) is 0.605. The summed E-state index contributed by atoms with van der Waals surface area (Å²) in [4.78, 5) is 3.67. The summed E-state index contributed by atoms with van der Waals surface area (Å²) in [5, 5.41) is 9.35. The van der Waals surface area contributed by atoms with E-state index in [1.165, 1.54) is 6.07 Å². The molecule has 22 heavy (non-hydrogen) atoms. The normalized spacial score (nSPS) is 11.1. The second-order valence-electron chi connectivity index (χ2n) is 4.68. The number of aromatic nitrogens is 3. The van der Waals surface area contributed by atoms with Crippen molar-refractivity contribution in [1.29, 1.82) is 0 Å². The molecule has 6 heteroatoms. The number of nitrogens with one attached hydrogen (secondary N) is 1. The number of halogens is 1. The van der Waals surface area contributed by atoms with Gasteiger partial charge in [0.25, 0.3) is 11.1 Å². The zero-order valence-electron chi connectivity index (χ0n) is 11.3. The molecule has 0 saturated carbocycles. The van der Waals surface area contributed by atoms with Crippen molar-refractivity contribution in [1.82, 2.24) is 15.2 Å². The number of aromatic amines is 1. The van der Waals surface area contributed by atoms with E-state index in [9.17, 15) is 4.39 Å². The number of para-hydroxylation sites is 1. The smallest absolute Gasteiger partial charge is 0.281 e. The standard InChI is InChI=1S/C16H10FN3OS/c17-11-6-2-4-8-14(11)22-16-20-19-15(21-16)13-9-10-5-1-3-7-12(10)18-13/h1-9,18H. The number of hydrogen-bond donors (Lipinski definition) is 1. The van der Waals surface area contributed by atoms with Crippen molar-refractivity contribution in [2.45, 2.75) is 10.1 Å². The number of hydrogen-bond acceptors (Lipinski definition) is 4. The van der Waals surface area contributed by atoms with Crippen molar-refractivity contribution in [3.8, 4) is 11.6 Å². The molecule has 0 aliphatic rings. The van der Waals surface area contributed by atoms with Crippen LogP contribution >= 0.6 is 11.8 Å². The third kappa shape index (κ3) is 2.37. The number of benzene rings is 2. The van der Waals surface area contributed by atoms with Crippen LogP contribution in [0.1, 0.15) is 0 Å². The van der Waals surface area contributed by atoms with Gasteiger partial charge in [-0.25, -0.2) is 4.39 Å². The number of nitrogens with zero attached hydrogens (tertiary/aromatic N) is 2. The highest BCUT2D eigenvalue weighted by Crippen LogP contribution is 2.31. The van der Waals surface area contributed by atoms with E-state index >= 15 is 0 Å². The summed E-state index contributed by atoms with van der Waals surface area (Å²) in [7, 11) is 0. The summed E-state index contributed by atoms with van der Waals surface area (Å²) < 4.78 is 19.2. The monoisotopic (exact) mass is 311 g/mol. The lowest BCUT2D eigenvalue weighted by Gasteiger charge is -1.97. The van der Waals surface area contributed by atoms with Gasteiger partial charge in [0.2, 0.25) is 0 Å². The molecule has 2 aromatic carbocycles. The number of H-pyrrole nitrogens is 1. The Balaban J connectivity index is 1.65. The van der Waals surface area contributed by atoms with Crippen LogP contribution in [0.2, 0.25) is 0 Å². The topological polar surface area (TPSA) is 54.7 Å². The molecule has 0 saturated heterocycles. The molecule has 0 bridgehead atoms. The minimum atomic E-state index is -0.308. The van der Waals surface area contributed by atoms with Crippen LogP contribution < -0.4 is 0 Å². The van der Waals surface area contributed by atoms with Crippen LogP contribution in [-0.2, 0) is 0 Å². The molecule has 0 aliphatic heterocycles. The van der Waals surface area contributed by atoms with Crippen LogP contribution in [-0.4, -0.2) is 15.2 Å². The minimum Gasteiger partial charge on any atom is -0.409 e. The highest BCUT2D eigenvalue weighted by atomic mass is 32.2. The van der Waals surface area contributed by atoms with Crippen molar-refractivity contribution in [2.24, 2.45) is 0 Å². The zero-order valence-corrected chi connectivity index (χ0v) is 12.1. The summed E-state index contributed by atoms with van der Waals surface area (Å²) in [6.07, 6.45) is 0. The highest BCUT2D eigenvalue weighted by Gasteiger charge is 2.13. The molecule has 0 spiro atoms. The average Bonchev–Trinajstić information content (AvgIpc) is 3.15. The van der Waals surface area contributed by atoms with Gasteiger partial charge in [-0.15, -0.1) is 10.2 Å². The third-order valence-corrected chi connectivity index (χ3v) is 4.09. The maximum Gasteiger partial charge on any atom is 0.281 e. The molecule has 4 rings (SSSR count). The molecule has 0 unspecified atom stereocenters. The first-order valence-electron chi connectivity index (χ1n) is 6.63. The minimum absolute atomic E-state index is 0.304. The molecule has 1 N–H and O–H groups in total. The fraction of sp³-hybridized carbons (Fsp3) is 0. The maximum absolute atomic E-state index is 13.6. The molecule has 4 nitrogen and oxygen atoms in total. The van der Waals surface area contributed by atoms with Gasteiger partial charge in [0.05, 0.1) is 4.90 Å². The summed E-state index contributed by atoms with van der Waals surface area (Å²) in [5.41, 5.74) is 1.74. The largest absolute Gasteiger partial charge is 0.409 e. The van der Waals surface area contributed by atoms with E-state index in [2.05, 4.69) is 15.2 Å². The van der Waals surface area contributed by atoms with Crippen molar-refractivity contribution in [3.63, 3.8) is 0 Å². The molecule has 0 aliphatic carbocycles. The Labute approximate surface area is 129 Å². The van der Waals surface area contributed by atoms with Gasteiger partial charge in [-0.2, -0.15) is 0 Å².